The predicted octanol–water partition coefficient (Wildman–Crippen LogP) is 2.15. The number of nitrogens with zero attached hydrogens (tertiary/aromatic N) is 6. The van der Waals surface area contributed by atoms with Gasteiger partial charge in [-0.3, -0.25) is 4.79 Å². The number of nitrogens with one attached hydrogen (secondary N) is 1. The smallest absolute Gasteiger partial charge is 0.273 e. The van der Waals surface area contributed by atoms with Crippen LogP contribution in [0.3, 0.4) is 0 Å². The lowest BCUT2D eigenvalue weighted by atomic mass is 9.96. The molecule has 1 aliphatic carbocycles. The van der Waals surface area contributed by atoms with Gasteiger partial charge in [0.05, 0.1) is 0 Å². The van der Waals surface area contributed by atoms with E-state index >= 15 is 0 Å². The maximum absolute atomic E-state index is 12.3. The van der Waals surface area contributed by atoms with Crippen LogP contribution in [-0.4, -0.2) is 50.5 Å². The standard InChI is InChI=1S/C20H25N7O2/c1-20(2,3)19-23-22-16-6-7-17(24-27(16)19)26-10-12(11-26)9-21-18(28)14-8-15(29-25-14)13-4-5-13/h6-8,12-13H,4-5,9-11H2,1-3H3,(H,21,28). The molecule has 9 nitrogen and oxygen atoms in total. The number of amides is 1. The molecule has 1 aliphatic heterocycles. The molecule has 152 valence electrons. The molecule has 9 heteroatoms. The molecule has 1 saturated heterocycles. The van der Waals surface area contributed by atoms with Crippen molar-refractivity contribution in [3.63, 3.8) is 0 Å². The highest BCUT2D eigenvalue weighted by Gasteiger charge is 2.31. The highest BCUT2D eigenvalue weighted by Crippen LogP contribution is 2.40. The number of hydrogen-bond donors (Lipinski definition) is 1. The van der Waals surface area contributed by atoms with Gasteiger partial charge >= 0.3 is 0 Å². The highest BCUT2D eigenvalue weighted by atomic mass is 16.5. The largest absolute Gasteiger partial charge is 0.360 e. The molecule has 1 amide bonds. The Morgan fingerprint density at radius 3 is 2.76 bits per heavy atom. The molecule has 5 rings (SSSR count). The monoisotopic (exact) mass is 395 g/mol. The Hall–Kier alpha value is -2.97. The first-order valence-electron chi connectivity index (χ1n) is 10.1. The second kappa shape index (κ2) is 6.53. The van der Waals surface area contributed by atoms with Gasteiger partial charge in [-0.1, -0.05) is 25.9 Å². The van der Waals surface area contributed by atoms with Gasteiger partial charge in [0.1, 0.15) is 11.6 Å². The van der Waals surface area contributed by atoms with Crippen LogP contribution in [0.5, 0.6) is 0 Å². The molecule has 3 aromatic heterocycles. The van der Waals surface area contributed by atoms with E-state index < -0.39 is 0 Å². The number of aromatic nitrogens is 5. The fourth-order valence-electron chi connectivity index (χ4n) is 3.59. The molecule has 4 heterocycles. The van der Waals surface area contributed by atoms with Gasteiger partial charge in [0.2, 0.25) is 0 Å². The number of fused-ring (bicyclic) bond motifs is 1. The van der Waals surface area contributed by atoms with E-state index in [1.54, 1.807) is 6.07 Å². The minimum absolute atomic E-state index is 0.132. The third-order valence-corrected chi connectivity index (χ3v) is 5.49. The Balaban J connectivity index is 1.18. The zero-order valence-corrected chi connectivity index (χ0v) is 16.9. The Bertz CT molecular complexity index is 1050. The summed E-state index contributed by atoms with van der Waals surface area (Å²) >= 11 is 0. The summed E-state index contributed by atoms with van der Waals surface area (Å²) in [4.78, 5) is 14.5. The summed E-state index contributed by atoms with van der Waals surface area (Å²) in [5, 5.41) is 20.1. The number of carbonyl (C=O) groups is 1. The Morgan fingerprint density at radius 2 is 2.03 bits per heavy atom. The van der Waals surface area contributed by atoms with E-state index in [-0.39, 0.29) is 11.3 Å². The molecular weight excluding hydrogens is 370 g/mol. The summed E-state index contributed by atoms with van der Waals surface area (Å²) in [6.07, 6.45) is 2.25. The van der Waals surface area contributed by atoms with Crippen LogP contribution < -0.4 is 10.2 Å². The minimum Gasteiger partial charge on any atom is -0.360 e. The fourth-order valence-corrected chi connectivity index (χ4v) is 3.59. The number of anilines is 1. The molecule has 0 aromatic carbocycles. The van der Waals surface area contributed by atoms with Crippen molar-refractivity contribution >= 4 is 17.4 Å². The molecule has 3 aromatic rings. The van der Waals surface area contributed by atoms with Gasteiger partial charge in [-0.05, 0) is 25.0 Å². The molecule has 0 bridgehead atoms. The highest BCUT2D eigenvalue weighted by molar-refractivity contribution is 5.92. The van der Waals surface area contributed by atoms with E-state index in [9.17, 15) is 4.79 Å². The second-order valence-electron chi connectivity index (χ2n) is 9.10. The molecule has 1 N–H and O–H groups in total. The summed E-state index contributed by atoms with van der Waals surface area (Å²) in [7, 11) is 0. The van der Waals surface area contributed by atoms with Crippen LogP contribution in [0, 0.1) is 5.92 Å². The van der Waals surface area contributed by atoms with Gasteiger partial charge in [0, 0.05) is 43.0 Å². The van der Waals surface area contributed by atoms with E-state index in [0.29, 0.717) is 24.1 Å². The molecule has 0 radical (unpaired) electrons. The zero-order valence-electron chi connectivity index (χ0n) is 16.9. The molecule has 0 unspecified atom stereocenters. The number of hydrogen-bond acceptors (Lipinski definition) is 7. The van der Waals surface area contributed by atoms with Crippen LogP contribution in [0.1, 0.15) is 61.6 Å². The first kappa shape index (κ1) is 18.1. The molecule has 1 saturated carbocycles. The summed E-state index contributed by atoms with van der Waals surface area (Å²) in [5.74, 6) is 3.24. The van der Waals surface area contributed by atoms with Gasteiger partial charge in [0.25, 0.3) is 5.91 Å². The van der Waals surface area contributed by atoms with Gasteiger partial charge in [-0.15, -0.1) is 15.3 Å². The van der Waals surface area contributed by atoms with E-state index in [0.717, 1.165) is 49.0 Å². The molecule has 29 heavy (non-hydrogen) atoms. The molecule has 0 atom stereocenters. The normalized spacial score (nSPS) is 17.6. The van der Waals surface area contributed by atoms with E-state index in [2.05, 4.69) is 46.3 Å². The lowest BCUT2D eigenvalue weighted by molar-refractivity contribution is 0.0935. The van der Waals surface area contributed by atoms with Crippen LogP contribution in [0.2, 0.25) is 0 Å². The molecule has 0 spiro atoms. The summed E-state index contributed by atoms with van der Waals surface area (Å²) in [6, 6.07) is 5.69. The van der Waals surface area contributed by atoms with Crippen molar-refractivity contribution in [3.8, 4) is 0 Å². The Morgan fingerprint density at radius 1 is 1.24 bits per heavy atom. The van der Waals surface area contributed by atoms with Crippen molar-refractivity contribution in [3.05, 3.63) is 35.5 Å². The quantitative estimate of drug-likeness (QED) is 0.706. The van der Waals surface area contributed by atoms with Gasteiger partial charge in [-0.25, -0.2) is 0 Å². The summed E-state index contributed by atoms with van der Waals surface area (Å²) in [5.41, 5.74) is 0.992. The third-order valence-electron chi connectivity index (χ3n) is 5.49. The predicted molar refractivity (Wildman–Crippen MR) is 106 cm³/mol. The van der Waals surface area contributed by atoms with Gasteiger partial charge < -0.3 is 14.7 Å². The summed E-state index contributed by atoms with van der Waals surface area (Å²) < 4.78 is 7.08. The average Bonchev–Trinajstić information content (AvgIpc) is 3.21. The van der Waals surface area contributed by atoms with E-state index in [1.165, 1.54) is 0 Å². The van der Waals surface area contributed by atoms with E-state index in [4.69, 9.17) is 9.62 Å². The Labute approximate surface area is 168 Å². The fraction of sp³-hybridized carbons (Fsp3) is 0.550. The van der Waals surface area contributed by atoms with Crippen molar-refractivity contribution in [2.45, 2.75) is 44.9 Å². The van der Waals surface area contributed by atoms with Crippen molar-refractivity contribution in [1.29, 1.82) is 0 Å². The van der Waals surface area contributed by atoms with Crippen molar-refractivity contribution in [1.82, 2.24) is 30.3 Å². The first-order valence-corrected chi connectivity index (χ1v) is 10.1. The summed E-state index contributed by atoms with van der Waals surface area (Å²) in [6.45, 7) is 8.60. The SMILES string of the molecule is CC(C)(C)c1nnc2ccc(N3CC(CNC(=O)c4cc(C5CC5)on4)C3)nn12. The van der Waals surface area contributed by atoms with E-state index in [1.807, 2.05) is 16.6 Å². The van der Waals surface area contributed by atoms with Crippen LogP contribution in [0.4, 0.5) is 5.82 Å². The second-order valence-corrected chi connectivity index (χ2v) is 9.10. The van der Waals surface area contributed by atoms with Crippen molar-refractivity contribution in [2.24, 2.45) is 5.92 Å². The minimum atomic E-state index is -0.169. The van der Waals surface area contributed by atoms with Crippen LogP contribution in [0.25, 0.3) is 5.65 Å². The van der Waals surface area contributed by atoms with Crippen LogP contribution in [-0.2, 0) is 5.41 Å². The van der Waals surface area contributed by atoms with Crippen molar-refractivity contribution < 1.29 is 9.32 Å². The average molecular weight is 395 g/mol. The van der Waals surface area contributed by atoms with Gasteiger partial charge in [-0.2, -0.15) is 4.52 Å². The molecule has 2 aliphatic rings. The van der Waals surface area contributed by atoms with Crippen molar-refractivity contribution in [2.75, 3.05) is 24.5 Å². The van der Waals surface area contributed by atoms with Gasteiger partial charge in [0.15, 0.2) is 17.2 Å². The first-order chi connectivity index (χ1) is 13.9. The molecular formula is C20H25N7O2. The van der Waals surface area contributed by atoms with Crippen LogP contribution >= 0.6 is 0 Å². The number of carbonyl (C=O) groups excluding carboxylic acids is 1. The number of rotatable bonds is 5. The molecule has 2 fully saturated rings. The maximum Gasteiger partial charge on any atom is 0.273 e. The lowest BCUT2D eigenvalue weighted by Gasteiger charge is -2.40. The van der Waals surface area contributed by atoms with Crippen LogP contribution in [0.15, 0.2) is 22.7 Å². The third kappa shape index (κ3) is 3.45. The maximum atomic E-state index is 12.3. The topological polar surface area (TPSA) is 101 Å². The zero-order chi connectivity index (χ0) is 20.2. The lowest BCUT2D eigenvalue weighted by Crippen LogP contribution is -2.52. The Kier molecular flexibility index (Phi) is 4.07.